The summed E-state index contributed by atoms with van der Waals surface area (Å²) < 4.78 is 11.3. The third-order valence-corrected chi connectivity index (χ3v) is 3.89. The number of nitrogens with zero attached hydrogens (tertiary/aromatic N) is 1. The highest BCUT2D eigenvalue weighted by molar-refractivity contribution is 5.79. The number of aryl methyl sites for hydroxylation is 2. The number of hydrogen-bond donors (Lipinski definition) is 0. The highest BCUT2D eigenvalue weighted by Crippen LogP contribution is 2.19. The van der Waals surface area contributed by atoms with Gasteiger partial charge < -0.3 is 9.15 Å². The van der Waals surface area contributed by atoms with E-state index in [4.69, 9.17) is 9.15 Å². The van der Waals surface area contributed by atoms with Crippen molar-refractivity contribution >= 4 is 6.21 Å². The van der Waals surface area contributed by atoms with E-state index in [9.17, 15) is 0 Å². The van der Waals surface area contributed by atoms with Crippen molar-refractivity contribution < 1.29 is 9.15 Å². The molecule has 3 heteroatoms. The van der Waals surface area contributed by atoms with Crippen LogP contribution >= 0.6 is 0 Å². The first-order valence-electron chi connectivity index (χ1n) is 8.02. The van der Waals surface area contributed by atoms with Crippen LogP contribution < -0.4 is 4.74 Å². The minimum absolute atomic E-state index is 0.502. The average molecular weight is 319 g/mol. The van der Waals surface area contributed by atoms with Crippen molar-refractivity contribution in [2.75, 3.05) is 0 Å². The third kappa shape index (κ3) is 4.35. The van der Waals surface area contributed by atoms with E-state index in [1.54, 1.807) is 6.26 Å². The SMILES string of the molecule is Cc1ccc(COc2coc(CN=Cc3ccccc3)c2)cc1C. The molecule has 24 heavy (non-hydrogen) atoms. The van der Waals surface area contributed by atoms with Gasteiger partial charge in [-0.05, 0) is 36.1 Å². The summed E-state index contributed by atoms with van der Waals surface area (Å²) in [4.78, 5) is 4.39. The topological polar surface area (TPSA) is 34.7 Å². The summed E-state index contributed by atoms with van der Waals surface area (Å²) in [5.41, 5.74) is 4.80. The zero-order chi connectivity index (χ0) is 16.8. The lowest BCUT2D eigenvalue weighted by Crippen LogP contribution is -1.95. The minimum atomic E-state index is 0.502. The Labute approximate surface area is 142 Å². The van der Waals surface area contributed by atoms with Crippen LogP contribution in [0.3, 0.4) is 0 Å². The molecule has 3 rings (SSSR count). The van der Waals surface area contributed by atoms with Gasteiger partial charge >= 0.3 is 0 Å². The molecule has 1 heterocycles. The fourth-order valence-corrected chi connectivity index (χ4v) is 2.36. The normalized spacial score (nSPS) is 11.1. The predicted molar refractivity (Wildman–Crippen MR) is 96.7 cm³/mol. The van der Waals surface area contributed by atoms with Crippen LogP contribution in [0.5, 0.6) is 5.75 Å². The number of hydrogen-bond acceptors (Lipinski definition) is 3. The zero-order valence-electron chi connectivity index (χ0n) is 14.0. The first-order chi connectivity index (χ1) is 11.7. The molecule has 0 unspecified atom stereocenters. The van der Waals surface area contributed by atoms with E-state index in [1.807, 2.05) is 42.6 Å². The summed E-state index contributed by atoms with van der Waals surface area (Å²) in [6.07, 6.45) is 3.48. The van der Waals surface area contributed by atoms with Crippen LogP contribution in [0.25, 0.3) is 0 Å². The molecule has 0 N–H and O–H groups in total. The maximum absolute atomic E-state index is 5.79. The Hall–Kier alpha value is -2.81. The molecule has 0 aliphatic carbocycles. The molecule has 0 saturated carbocycles. The molecule has 0 atom stereocenters. The van der Waals surface area contributed by atoms with E-state index >= 15 is 0 Å². The Morgan fingerprint density at radius 3 is 2.62 bits per heavy atom. The van der Waals surface area contributed by atoms with Crippen LogP contribution in [-0.2, 0) is 13.2 Å². The number of ether oxygens (including phenoxy) is 1. The van der Waals surface area contributed by atoms with Gasteiger partial charge in [-0.1, -0.05) is 48.5 Å². The Bertz CT molecular complexity index is 819. The molecule has 1 aromatic heterocycles. The van der Waals surface area contributed by atoms with Gasteiger partial charge in [0.15, 0.2) is 5.75 Å². The molecule has 0 radical (unpaired) electrons. The lowest BCUT2D eigenvalue weighted by Gasteiger charge is -2.06. The minimum Gasteiger partial charge on any atom is -0.486 e. The molecular weight excluding hydrogens is 298 g/mol. The summed E-state index contributed by atoms with van der Waals surface area (Å²) >= 11 is 0. The summed E-state index contributed by atoms with van der Waals surface area (Å²) in [6.45, 7) is 5.26. The zero-order valence-corrected chi connectivity index (χ0v) is 14.0. The highest BCUT2D eigenvalue weighted by Gasteiger charge is 2.03. The van der Waals surface area contributed by atoms with E-state index in [-0.39, 0.29) is 0 Å². The van der Waals surface area contributed by atoms with E-state index in [0.29, 0.717) is 13.2 Å². The van der Waals surface area contributed by atoms with Gasteiger partial charge in [-0.25, -0.2) is 0 Å². The van der Waals surface area contributed by atoms with E-state index in [2.05, 4.69) is 37.0 Å². The van der Waals surface area contributed by atoms with Crippen molar-refractivity contribution in [3.8, 4) is 5.75 Å². The van der Waals surface area contributed by atoms with Gasteiger partial charge in [0.2, 0.25) is 0 Å². The molecule has 0 bridgehead atoms. The van der Waals surface area contributed by atoms with Crippen LogP contribution in [0.1, 0.15) is 28.0 Å². The molecule has 122 valence electrons. The van der Waals surface area contributed by atoms with Gasteiger partial charge in [0, 0.05) is 12.3 Å². The van der Waals surface area contributed by atoms with Crippen LogP contribution in [0.2, 0.25) is 0 Å². The first-order valence-corrected chi connectivity index (χ1v) is 8.02. The van der Waals surface area contributed by atoms with Crippen molar-refractivity contribution in [3.05, 3.63) is 88.9 Å². The smallest absolute Gasteiger partial charge is 0.158 e. The first kappa shape index (κ1) is 16.1. The lowest BCUT2D eigenvalue weighted by molar-refractivity contribution is 0.302. The average Bonchev–Trinajstić information content (AvgIpc) is 3.05. The Balaban J connectivity index is 1.53. The van der Waals surface area contributed by atoms with Crippen molar-refractivity contribution in [2.24, 2.45) is 4.99 Å². The van der Waals surface area contributed by atoms with Crippen molar-refractivity contribution in [2.45, 2.75) is 27.0 Å². The summed E-state index contributed by atoms with van der Waals surface area (Å²) in [5, 5.41) is 0. The third-order valence-electron chi connectivity index (χ3n) is 3.89. The highest BCUT2D eigenvalue weighted by atomic mass is 16.5. The van der Waals surface area contributed by atoms with Crippen LogP contribution in [-0.4, -0.2) is 6.21 Å². The van der Waals surface area contributed by atoms with Gasteiger partial charge in [0.25, 0.3) is 0 Å². The maximum Gasteiger partial charge on any atom is 0.158 e. The second-order valence-electron chi connectivity index (χ2n) is 5.84. The van der Waals surface area contributed by atoms with E-state index in [1.165, 1.54) is 11.1 Å². The van der Waals surface area contributed by atoms with Gasteiger partial charge in [-0.3, -0.25) is 4.99 Å². The fourth-order valence-electron chi connectivity index (χ4n) is 2.36. The molecule has 0 aliphatic rings. The Kier molecular flexibility index (Phi) is 5.12. The molecule has 0 amide bonds. The molecular formula is C21H21NO2. The second kappa shape index (κ2) is 7.64. The Morgan fingerprint density at radius 1 is 1.00 bits per heavy atom. The number of benzene rings is 2. The molecule has 0 aliphatic heterocycles. The van der Waals surface area contributed by atoms with Gasteiger partial charge in [-0.2, -0.15) is 0 Å². The van der Waals surface area contributed by atoms with Crippen LogP contribution in [0.15, 0.2) is 70.3 Å². The molecule has 0 spiro atoms. The lowest BCUT2D eigenvalue weighted by atomic mass is 10.1. The number of rotatable bonds is 6. The van der Waals surface area contributed by atoms with Gasteiger partial charge in [-0.15, -0.1) is 0 Å². The Morgan fingerprint density at radius 2 is 1.83 bits per heavy atom. The van der Waals surface area contributed by atoms with Crippen LogP contribution in [0, 0.1) is 13.8 Å². The standard InChI is InChI=1S/C21H21NO2/c1-16-8-9-19(10-17(16)2)14-23-21-11-20(24-15-21)13-22-12-18-6-4-3-5-7-18/h3-12,15H,13-14H2,1-2H3. The molecule has 3 nitrogen and oxygen atoms in total. The monoisotopic (exact) mass is 319 g/mol. The predicted octanol–water partition coefficient (Wildman–Crippen LogP) is 5.09. The molecule has 0 saturated heterocycles. The molecule has 0 fully saturated rings. The quantitative estimate of drug-likeness (QED) is 0.593. The summed E-state index contributed by atoms with van der Waals surface area (Å²) in [7, 11) is 0. The van der Waals surface area contributed by atoms with Crippen LogP contribution in [0.4, 0.5) is 0 Å². The fraction of sp³-hybridized carbons (Fsp3) is 0.190. The van der Waals surface area contributed by atoms with Crippen molar-refractivity contribution in [3.63, 3.8) is 0 Å². The van der Waals surface area contributed by atoms with E-state index < -0.39 is 0 Å². The van der Waals surface area contributed by atoms with Gasteiger partial charge in [0.1, 0.15) is 18.6 Å². The molecule has 2 aromatic carbocycles. The van der Waals surface area contributed by atoms with E-state index in [0.717, 1.165) is 22.6 Å². The van der Waals surface area contributed by atoms with Crippen molar-refractivity contribution in [1.29, 1.82) is 0 Å². The summed E-state index contributed by atoms with van der Waals surface area (Å²) in [6, 6.07) is 18.3. The summed E-state index contributed by atoms with van der Waals surface area (Å²) in [5.74, 6) is 1.52. The van der Waals surface area contributed by atoms with Gasteiger partial charge in [0.05, 0.1) is 6.54 Å². The van der Waals surface area contributed by atoms with Crippen molar-refractivity contribution in [1.82, 2.24) is 0 Å². The number of furan rings is 1. The second-order valence-corrected chi connectivity index (χ2v) is 5.84. The molecule has 3 aromatic rings. The number of aliphatic imine (C=N–C) groups is 1. The largest absolute Gasteiger partial charge is 0.486 e. The maximum atomic E-state index is 5.79.